The number of piperazine rings is 1. The predicted molar refractivity (Wildman–Crippen MR) is 62.1 cm³/mol. The fourth-order valence-electron chi connectivity index (χ4n) is 1.88. The molecule has 4 heteroatoms. The molecule has 1 aromatic heterocycles. The van der Waals surface area contributed by atoms with E-state index in [1.54, 1.807) is 11.3 Å². The van der Waals surface area contributed by atoms with E-state index in [0.29, 0.717) is 12.5 Å². The summed E-state index contributed by atoms with van der Waals surface area (Å²) in [6, 6.07) is 4.34. The molecule has 1 N–H and O–H groups in total. The van der Waals surface area contributed by atoms with E-state index in [1.165, 1.54) is 0 Å². The number of thiophene rings is 1. The number of rotatable bonds is 2. The molecule has 1 aliphatic heterocycles. The molecule has 2 rings (SSSR count). The lowest BCUT2D eigenvalue weighted by Crippen LogP contribution is -2.52. The molecule has 0 bridgehead atoms. The van der Waals surface area contributed by atoms with Crippen LogP contribution < -0.4 is 5.32 Å². The smallest absolute Gasteiger partial charge is 0.228 e. The van der Waals surface area contributed by atoms with Crippen molar-refractivity contribution in [3.63, 3.8) is 0 Å². The van der Waals surface area contributed by atoms with Crippen molar-refractivity contribution in [3.8, 4) is 0 Å². The van der Waals surface area contributed by atoms with Gasteiger partial charge in [-0.05, 0) is 18.4 Å². The van der Waals surface area contributed by atoms with Crippen LogP contribution in [0.1, 0.15) is 11.8 Å². The summed E-state index contributed by atoms with van der Waals surface area (Å²) in [5.74, 6) is 0.256. The van der Waals surface area contributed by atoms with Gasteiger partial charge in [-0.3, -0.25) is 4.79 Å². The molecule has 0 aliphatic carbocycles. The summed E-state index contributed by atoms with van der Waals surface area (Å²) in [7, 11) is 0. The minimum absolute atomic E-state index is 0.256. The van der Waals surface area contributed by atoms with Gasteiger partial charge in [0, 0.05) is 30.6 Å². The van der Waals surface area contributed by atoms with Gasteiger partial charge in [0.05, 0.1) is 6.42 Å². The number of nitrogens with one attached hydrogen (secondary N) is 1. The van der Waals surface area contributed by atoms with Crippen LogP contribution in [0.2, 0.25) is 0 Å². The van der Waals surface area contributed by atoms with Crippen LogP contribution in [0.5, 0.6) is 0 Å². The van der Waals surface area contributed by atoms with Crippen LogP contribution in [0.15, 0.2) is 17.5 Å². The topological polar surface area (TPSA) is 32.3 Å². The van der Waals surface area contributed by atoms with Crippen molar-refractivity contribution in [2.75, 3.05) is 19.6 Å². The van der Waals surface area contributed by atoms with Crippen molar-refractivity contribution in [1.29, 1.82) is 0 Å². The average molecular weight is 224 g/mol. The first-order valence-electron chi connectivity index (χ1n) is 5.30. The van der Waals surface area contributed by atoms with Crippen molar-refractivity contribution in [3.05, 3.63) is 22.4 Å². The minimum atomic E-state index is 0.256. The Kier molecular flexibility index (Phi) is 3.38. The van der Waals surface area contributed by atoms with Crippen molar-refractivity contribution in [2.24, 2.45) is 0 Å². The molecule has 82 valence electrons. The van der Waals surface area contributed by atoms with Gasteiger partial charge in [0.2, 0.25) is 5.91 Å². The molecule has 0 aromatic carbocycles. The van der Waals surface area contributed by atoms with Gasteiger partial charge in [-0.15, -0.1) is 11.3 Å². The van der Waals surface area contributed by atoms with Crippen molar-refractivity contribution in [2.45, 2.75) is 19.4 Å². The van der Waals surface area contributed by atoms with Crippen LogP contribution in [0.25, 0.3) is 0 Å². The van der Waals surface area contributed by atoms with Gasteiger partial charge in [-0.25, -0.2) is 0 Å². The van der Waals surface area contributed by atoms with Gasteiger partial charge in [-0.2, -0.15) is 0 Å². The Morgan fingerprint density at radius 3 is 3.27 bits per heavy atom. The standard InChI is InChI=1S/C11H16N2OS/c1-9-8-12-4-5-13(9)11(14)7-10-3-2-6-15-10/h2-3,6,9,12H,4-5,7-8H2,1H3/t9-/m0/s1. The molecule has 1 saturated heterocycles. The summed E-state index contributed by atoms with van der Waals surface area (Å²) in [6.07, 6.45) is 0.558. The molecular formula is C11H16N2OS. The fourth-order valence-corrected chi connectivity index (χ4v) is 2.57. The Bertz CT molecular complexity index is 323. The molecule has 1 fully saturated rings. The second kappa shape index (κ2) is 4.77. The normalized spacial score (nSPS) is 21.7. The molecule has 1 aromatic rings. The fraction of sp³-hybridized carbons (Fsp3) is 0.545. The second-order valence-corrected chi connectivity index (χ2v) is 4.93. The van der Waals surface area contributed by atoms with E-state index >= 15 is 0 Å². The molecule has 0 unspecified atom stereocenters. The largest absolute Gasteiger partial charge is 0.337 e. The molecule has 2 heterocycles. The Labute approximate surface area is 94.1 Å². The zero-order valence-electron chi connectivity index (χ0n) is 8.90. The number of carbonyl (C=O) groups is 1. The van der Waals surface area contributed by atoms with E-state index in [4.69, 9.17) is 0 Å². The first-order chi connectivity index (χ1) is 7.27. The van der Waals surface area contributed by atoms with Crippen molar-refractivity contribution >= 4 is 17.2 Å². The third kappa shape index (κ3) is 2.58. The Hall–Kier alpha value is -0.870. The van der Waals surface area contributed by atoms with Gasteiger partial charge in [0.25, 0.3) is 0 Å². The van der Waals surface area contributed by atoms with E-state index in [9.17, 15) is 4.79 Å². The van der Waals surface area contributed by atoms with Gasteiger partial charge in [-0.1, -0.05) is 6.07 Å². The molecule has 0 radical (unpaired) electrons. The van der Waals surface area contributed by atoms with Crippen LogP contribution in [-0.2, 0) is 11.2 Å². The van der Waals surface area contributed by atoms with Crippen LogP contribution in [0.3, 0.4) is 0 Å². The monoisotopic (exact) mass is 224 g/mol. The quantitative estimate of drug-likeness (QED) is 0.816. The maximum atomic E-state index is 12.0. The third-order valence-electron chi connectivity index (χ3n) is 2.73. The average Bonchev–Trinajstić information content (AvgIpc) is 2.71. The number of amides is 1. The highest BCUT2D eigenvalue weighted by Crippen LogP contribution is 2.12. The van der Waals surface area contributed by atoms with E-state index in [-0.39, 0.29) is 5.91 Å². The van der Waals surface area contributed by atoms with E-state index < -0.39 is 0 Å². The molecule has 0 saturated carbocycles. The summed E-state index contributed by atoms with van der Waals surface area (Å²) >= 11 is 1.65. The molecule has 1 aliphatic rings. The lowest BCUT2D eigenvalue weighted by molar-refractivity contribution is -0.133. The van der Waals surface area contributed by atoms with E-state index in [2.05, 4.69) is 12.2 Å². The van der Waals surface area contributed by atoms with Gasteiger partial charge < -0.3 is 10.2 Å². The Balaban J connectivity index is 1.95. The van der Waals surface area contributed by atoms with Gasteiger partial charge >= 0.3 is 0 Å². The van der Waals surface area contributed by atoms with Crippen LogP contribution in [0, 0.1) is 0 Å². The van der Waals surface area contributed by atoms with E-state index in [0.717, 1.165) is 24.5 Å². The maximum Gasteiger partial charge on any atom is 0.228 e. The summed E-state index contributed by atoms with van der Waals surface area (Å²) in [5.41, 5.74) is 0. The molecule has 3 nitrogen and oxygen atoms in total. The van der Waals surface area contributed by atoms with Crippen LogP contribution >= 0.6 is 11.3 Å². The summed E-state index contributed by atoms with van der Waals surface area (Å²) in [4.78, 5) is 15.1. The number of carbonyl (C=O) groups excluding carboxylic acids is 1. The summed E-state index contributed by atoms with van der Waals surface area (Å²) in [6.45, 7) is 4.76. The van der Waals surface area contributed by atoms with Gasteiger partial charge in [0.15, 0.2) is 0 Å². The summed E-state index contributed by atoms with van der Waals surface area (Å²) in [5, 5.41) is 5.30. The zero-order chi connectivity index (χ0) is 10.7. The third-order valence-corrected chi connectivity index (χ3v) is 3.60. The van der Waals surface area contributed by atoms with Crippen molar-refractivity contribution < 1.29 is 4.79 Å². The van der Waals surface area contributed by atoms with Crippen molar-refractivity contribution in [1.82, 2.24) is 10.2 Å². The first kappa shape index (κ1) is 10.6. The summed E-state index contributed by atoms with van der Waals surface area (Å²) < 4.78 is 0. The van der Waals surface area contributed by atoms with Gasteiger partial charge in [0.1, 0.15) is 0 Å². The first-order valence-corrected chi connectivity index (χ1v) is 6.18. The predicted octanol–water partition coefficient (Wildman–Crippen LogP) is 1.11. The molecule has 1 amide bonds. The van der Waals surface area contributed by atoms with Crippen LogP contribution in [-0.4, -0.2) is 36.5 Å². The highest BCUT2D eigenvalue weighted by Gasteiger charge is 2.22. The molecule has 1 atom stereocenters. The maximum absolute atomic E-state index is 12.0. The molecule has 15 heavy (non-hydrogen) atoms. The Morgan fingerprint density at radius 1 is 1.73 bits per heavy atom. The molecular weight excluding hydrogens is 208 g/mol. The minimum Gasteiger partial charge on any atom is -0.337 e. The number of nitrogens with zero attached hydrogens (tertiary/aromatic N) is 1. The van der Waals surface area contributed by atoms with E-state index in [1.807, 2.05) is 22.4 Å². The molecule has 0 spiro atoms. The zero-order valence-corrected chi connectivity index (χ0v) is 9.72. The number of hydrogen-bond donors (Lipinski definition) is 1. The van der Waals surface area contributed by atoms with Crippen LogP contribution in [0.4, 0.5) is 0 Å². The number of hydrogen-bond acceptors (Lipinski definition) is 3. The lowest BCUT2D eigenvalue weighted by Gasteiger charge is -2.34. The Morgan fingerprint density at radius 2 is 2.60 bits per heavy atom. The lowest BCUT2D eigenvalue weighted by atomic mass is 10.2. The SMILES string of the molecule is C[C@H]1CNCCN1C(=O)Cc1cccs1. The highest BCUT2D eigenvalue weighted by molar-refractivity contribution is 7.10. The highest BCUT2D eigenvalue weighted by atomic mass is 32.1. The second-order valence-electron chi connectivity index (χ2n) is 3.90.